The minimum Gasteiger partial charge on any atom is -0.317 e. The summed E-state index contributed by atoms with van der Waals surface area (Å²) in [5, 5.41) is 3.41. The largest absolute Gasteiger partial charge is 0.317 e. The van der Waals surface area contributed by atoms with Crippen LogP contribution >= 0.6 is 12.4 Å². The van der Waals surface area contributed by atoms with E-state index in [0.29, 0.717) is 0 Å². The van der Waals surface area contributed by atoms with E-state index in [0.717, 1.165) is 19.0 Å². The van der Waals surface area contributed by atoms with E-state index in [-0.39, 0.29) is 12.4 Å². The molecule has 1 saturated heterocycles. The molecule has 0 unspecified atom stereocenters. The molecule has 1 fully saturated rings. The van der Waals surface area contributed by atoms with Crippen LogP contribution in [0, 0.1) is 5.92 Å². The Hall–Kier alpha value is -0.310. The molecule has 0 atom stereocenters. The first-order valence-electron chi connectivity index (χ1n) is 6.01. The van der Waals surface area contributed by atoms with Gasteiger partial charge in [-0.25, -0.2) is 0 Å². The number of halogens is 1. The predicted molar refractivity (Wildman–Crippen MR) is 74.3 cm³/mol. The van der Waals surface area contributed by atoms with E-state index in [9.17, 15) is 0 Å². The van der Waals surface area contributed by atoms with Gasteiger partial charge in [-0.15, -0.1) is 25.6 Å². The standard InChI is InChI=1S/C13H24N2.ClH/c1-3-10-15(11-4-2)12-7-13-5-8-14-9-6-13;/h3-4,13-14H,1-2,5-12H2;1H. The molecule has 0 aromatic carbocycles. The second-order valence-electron chi connectivity index (χ2n) is 4.32. The third-order valence-electron chi connectivity index (χ3n) is 3.09. The molecule has 94 valence electrons. The van der Waals surface area contributed by atoms with Crippen molar-refractivity contribution in [1.82, 2.24) is 10.2 Å². The molecule has 0 saturated carbocycles. The maximum absolute atomic E-state index is 3.79. The fourth-order valence-electron chi connectivity index (χ4n) is 2.16. The van der Waals surface area contributed by atoms with Gasteiger partial charge < -0.3 is 5.32 Å². The Labute approximate surface area is 106 Å². The average molecular weight is 245 g/mol. The van der Waals surface area contributed by atoms with Crippen molar-refractivity contribution in [3.05, 3.63) is 25.3 Å². The zero-order valence-corrected chi connectivity index (χ0v) is 11.0. The van der Waals surface area contributed by atoms with E-state index in [2.05, 4.69) is 23.4 Å². The SMILES string of the molecule is C=CCN(CC=C)CCC1CCNCC1.Cl. The summed E-state index contributed by atoms with van der Waals surface area (Å²) in [5.41, 5.74) is 0. The number of hydrogen-bond acceptors (Lipinski definition) is 2. The van der Waals surface area contributed by atoms with Gasteiger partial charge in [0.1, 0.15) is 0 Å². The molecule has 0 aliphatic carbocycles. The highest BCUT2D eigenvalue weighted by molar-refractivity contribution is 5.85. The van der Waals surface area contributed by atoms with Crippen molar-refractivity contribution in [1.29, 1.82) is 0 Å². The second-order valence-corrected chi connectivity index (χ2v) is 4.32. The van der Waals surface area contributed by atoms with E-state index in [4.69, 9.17) is 0 Å². The topological polar surface area (TPSA) is 15.3 Å². The highest BCUT2D eigenvalue weighted by atomic mass is 35.5. The van der Waals surface area contributed by atoms with Gasteiger partial charge in [-0.1, -0.05) is 12.2 Å². The molecular weight excluding hydrogens is 220 g/mol. The quantitative estimate of drug-likeness (QED) is 0.693. The van der Waals surface area contributed by atoms with Crippen molar-refractivity contribution >= 4 is 12.4 Å². The molecule has 0 spiro atoms. The Morgan fingerprint density at radius 1 is 1.12 bits per heavy atom. The molecule has 0 radical (unpaired) electrons. The minimum absolute atomic E-state index is 0. The van der Waals surface area contributed by atoms with Gasteiger partial charge in [0.15, 0.2) is 0 Å². The predicted octanol–water partition coefficient (Wildman–Crippen LogP) is 2.47. The summed E-state index contributed by atoms with van der Waals surface area (Å²) in [6, 6.07) is 0. The zero-order valence-electron chi connectivity index (χ0n) is 10.2. The smallest absolute Gasteiger partial charge is 0.0163 e. The molecule has 16 heavy (non-hydrogen) atoms. The van der Waals surface area contributed by atoms with E-state index < -0.39 is 0 Å². The van der Waals surface area contributed by atoms with Crippen molar-refractivity contribution in [3.63, 3.8) is 0 Å². The van der Waals surface area contributed by atoms with E-state index >= 15 is 0 Å². The van der Waals surface area contributed by atoms with Gasteiger partial charge in [-0.3, -0.25) is 4.90 Å². The summed E-state index contributed by atoms with van der Waals surface area (Å²) < 4.78 is 0. The van der Waals surface area contributed by atoms with Crippen molar-refractivity contribution in [3.8, 4) is 0 Å². The number of piperidine rings is 1. The van der Waals surface area contributed by atoms with E-state index in [1.165, 1.54) is 38.9 Å². The Morgan fingerprint density at radius 2 is 1.69 bits per heavy atom. The average Bonchev–Trinajstić information content (AvgIpc) is 2.28. The first kappa shape index (κ1) is 15.7. The van der Waals surface area contributed by atoms with Gasteiger partial charge in [0.25, 0.3) is 0 Å². The first-order chi connectivity index (χ1) is 7.36. The normalized spacial score (nSPS) is 16.8. The van der Waals surface area contributed by atoms with Crippen LogP contribution < -0.4 is 5.32 Å². The van der Waals surface area contributed by atoms with Crippen LogP contribution in [0.3, 0.4) is 0 Å². The Morgan fingerprint density at radius 3 is 2.19 bits per heavy atom. The molecule has 1 rings (SSSR count). The van der Waals surface area contributed by atoms with Gasteiger partial charge in [0, 0.05) is 13.1 Å². The van der Waals surface area contributed by atoms with Gasteiger partial charge in [0.05, 0.1) is 0 Å². The molecule has 1 aliphatic rings. The molecule has 1 heterocycles. The van der Waals surface area contributed by atoms with Gasteiger partial charge >= 0.3 is 0 Å². The lowest BCUT2D eigenvalue weighted by molar-refractivity contribution is 0.270. The highest BCUT2D eigenvalue weighted by Crippen LogP contribution is 2.16. The summed E-state index contributed by atoms with van der Waals surface area (Å²) >= 11 is 0. The second kappa shape index (κ2) is 9.88. The molecule has 3 heteroatoms. The van der Waals surface area contributed by atoms with Crippen LogP contribution in [0.4, 0.5) is 0 Å². The fraction of sp³-hybridized carbons (Fsp3) is 0.692. The molecular formula is C13H25ClN2. The molecule has 0 bridgehead atoms. The van der Waals surface area contributed by atoms with Crippen LogP contribution in [0.1, 0.15) is 19.3 Å². The summed E-state index contributed by atoms with van der Waals surface area (Å²) in [6.45, 7) is 13.1. The van der Waals surface area contributed by atoms with E-state index in [1.807, 2.05) is 12.2 Å². The lowest BCUT2D eigenvalue weighted by Gasteiger charge is -2.26. The number of rotatable bonds is 7. The zero-order chi connectivity index (χ0) is 10.9. The van der Waals surface area contributed by atoms with E-state index in [1.54, 1.807) is 0 Å². The van der Waals surface area contributed by atoms with Crippen molar-refractivity contribution in [2.24, 2.45) is 5.92 Å². The third-order valence-corrected chi connectivity index (χ3v) is 3.09. The molecule has 0 aromatic rings. The molecule has 0 aromatic heterocycles. The van der Waals surface area contributed by atoms with Crippen molar-refractivity contribution in [2.45, 2.75) is 19.3 Å². The summed E-state index contributed by atoms with van der Waals surface area (Å²) in [6.07, 6.45) is 7.97. The molecule has 2 nitrogen and oxygen atoms in total. The van der Waals surface area contributed by atoms with Crippen LogP contribution in [0.2, 0.25) is 0 Å². The van der Waals surface area contributed by atoms with Crippen LogP contribution in [0.5, 0.6) is 0 Å². The summed E-state index contributed by atoms with van der Waals surface area (Å²) in [4.78, 5) is 2.40. The summed E-state index contributed by atoms with van der Waals surface area (Å²) in [5.74, 6) is 0.920. The van der Waals surface area contributed by atoms with Crippen LogP contribution in [-0.4, -0.2) is 37.6 Å². The Kier molecular flexibility index (Phi) is 9.69. The lowest BCUT2D eigenvalue weighted by atomic mass is 9.94. The number of nitrogens with zero attached hydrogens (tertiary/aromatic N) is 1. The number of nitrogens with one attached hydrogen (secondary N) is 1. The van der Waals surface area contributed by atoms with Crippen molar-refractivity contribution < 1.29 is 0 Å². The maximum Gasteiger partial charge on any atom is 0.0163 e. The lowest BCUT2D eigenvalue weighted by Crippen LogP contribution is -2.31. The maximum atomic E-state index is 3.79. The van der Waals surface area contributed by atoms with Gasteiger partial charge in [-0.2, -0.15) is 0 Å². The van der Waals surface area contributed by atoms with Crippen molar-refractivity contribution in [2.75, 3.05) is 32.7 Å². The summed E-state index contributed by atoms with van der Waals surface area (Å²) in [7, 11) is 0. The van der Waals surface area contributed by atoms with Crippen LogP contribution in [0.15, 0.2) is 25.3 Å². The first-order valence-corrected chi connectivity index (χ1v) is 6.01. The Bertz CT molecular complexity index is 178. The van der Waals surface area contributed by atoms with Crippen LogP contribution in [0.25, 0.3) is 0 Å². The molecule has 1 N–H and O–H groups in total. The Balaban J connectivity index is 0.00000225. The number of hydrogen-bond donors (Lipinski definition) is 1. The van der Waals surface area contributed by atoms with Crippen LogP contribution in [-0.2, 0) is 0 Å². The minimum atomic E-state index is 0. The van der Waals surface area contributed by atoms with Gasteiger partial charge in [-0.05, 0) is 44.8 Å². The molecule has 1 aliphatic heterocycles. The monoisotopic (exact) mass is 244 g/mol. The molecule has 0 amide bonds. The fourth-order valence-corrected chi connectivity index (χ4v) is 2.16. The highest BCUT2D eigenvalue weighted by Gasteiger charge is 2.13. The third kappa shape index (κ3) is 6.31. The van der Waals surface area contributed by atoms with Gasteiger partial charge in [0.2, 0.25) is 0 Å².